The van der Waals surface area contributed by atoms with Crippen molar-refractivity contribution in [1.82, 2.24) is 9.88 Å². The Kier molecular flexibility index (Phi) is 4.28. The van der Waals surface area contributed by atoms with Gasteiger partial charge in [0, 0.05) is 45.1 Å². The maximum atomic E-state index is 13.3. The zero-order valence-corrected chi connectivity index (χ0v) is 14.3. The lowest BCUT2D eigenvalue weighted by Crippen LogP contribution is -2.49. The van der Waals surface area contributed by atoms with E-state index in [1.807, 2.05) is 4.90 Å². The molecule has 1 aromatic heterocycles. The van der Waals surface area contributed by atoms with Gasteiger partial charge in [-0.05, 0) is 25.0 Å². The highest BCUT2D eigenvalue weighted by atomic mass is 19.3. The Labute approximate surface area is 148 Å². The van der Waals surface area contributed by atoms with E-state index in [2.05, 4.69) is 4.98 Å². The Morgan fingerprint density at radius 3 is 2.77 bits per heavy atom. The molecule has 1 aromatic carbocycles. The number of anilines is 1. The van der Waals surface area contributed by atoms with Crippen molar-refractivity contribution in [3.05, 3.63) is 24.0 Å². The summed E-state index contributed by atoms with van der Waals surface area (Å²) in [5.74, 6) is -3.40. The first-order chi connectivity index (χ1) is 12.4. The van der Waals surface area contributed by atoms with Crippen LogP contribution in [0.15, 0.2) is 22.6 Å². The number of aromatic nitrogens is 1. The predicted molar refractivity (Wildman–Crippen MR) is 89.7 cm³/mol. The normalized spacial score (nSPS) is 23.4. The summed E-state index contributed by atoms with van der Waals surface area (Å²) < 4.78 is 45.6. The minimum absolute atomic E-state index is 0.0765. The molecule has 2 aromatic rings. The Balaban J connectivity index is 1.45. The molecular weight excluding hydrogens is 347 g/mol. The summed E-state index contributed by atoms with van der Waals surface area (Å²) in [5.41, 5.74) is 0.930. The predicted octanol–water partition coefficient (Wildman–Crippen LogP) is 3.44. The maximum absolute atomic E-state index is 13.3. The molecule has 4 rings (SSSR count). The number of oxazole rings is 1. The molecule has 3 heterocycles. The number of hydrogen-bond acceptors (Lipinski definition) is 4. The van der Waals surface area contributed by atoms with Gasteiger partial charge in [-0.25, -0.2) is 13.2 Å². The van der Waals surface area contributed by atoms with Crippen molar-refractivity contribution in [2.24, 2.45) is 5.92 Å². The van der Waals surface area contributed by atoms with Crippen molar-refractivity contribution in [2.45, 2.75) is 31.6 Å². The van der Waals surface area contributed by atoms with Gasteiger partial charge in [-0.3, -0.25) is 4.79 Å². The fraction of sp³-hybridized carbons (Fsp3) is 0.556. The number of nitrogens with zero attached hydrogens (tertiary/aromatic N) is 3. The highest BCUT2D eigenvalue weighted by Gasteiger charge is 2.38. The number of hydrogen-bond donors (Lipinski definition) is 0. The third-order valence-corrected chi connectivity index (χ3v) is 5.19. The average Bonchev–Trinajstić information content (AvgIpc) is 3.04. The number of alkyl halides is 2. The van der Waals surface area contributed by atoms with E-state index in [9.17, 15) is 18.0 Å². The first kappa shape index (κ1) is 17.2. The summed E-state index contributed by atoms with van der Waals surface area (Å²) in [4.78, 5) is 20.5. The van der Waals surface area contributed by atoms with Crippen LogP contribution in [0.2, 0.25) is 0 Å². The number of halogens is 3. The molecule has 8 heteroatoms. The Morgan fingerprint density at radius 2 is 2.00 bits per heavy atom. The zero-order chi connectivity index (χ0) is 18.3. The van der Waals surface area contributed by atoms with E-state index in [-0.39, 0.29) is 37.8 Å². The number of carbonyl (C=O) groups excluding carboxylic acids is 1. The van der Waals surface area contributed by atoms with Crippen molar-refractivity contribution in [3.8, 4) is 0 Å². The van der Waals surface area contributed by atoms with E-state index in [0.29, 0.717) is 30.2 Å². The van der Waals surface area contributed by atoms with Crippen LogP contribution in [-0.4, -0.2) is 47.9 Å². The lowest BCUT2D eigenvalue weighted by Gasteiger charge is -2.37. The second kappa shape index (κ2) is 6.48. The van der Waals surface area contributed by atoms with Crippen LogP contribution in [0.25, 0.3) is 11.1 Å². The molecule has 1 unspecified atom stereocenters. The largest absolute Gasteiger partial charge is 0.423 e. The molecule has 0 N–H and O–H groups in total. The Bertz CT molecular complexity index is 813. The number of piperidine rings is 2. The van der Waals surface area contributed by atoms with Crippen molar-refractivity contribution in [3.63, 3.8) is 0 Å². The molecule has 2 aliphatic rings. The van der Waals surface area contributed by atoms with Gasteiger partial charge < -0.3 is 14.2 Å². The van der Waals surface area contributed by atoms with Gasteiger partial charge in [-0.2, -0.15) is 4.98 Å². The number of fused-ring (bicyclic) bond motifs is 1. The molecule has 2 fully saturated rings. The third-order valence-electron chi connectivity index (χ3n) is 5.19. The standard InChI is InChI=1S/C18H20F3N3O2/c19-13-3-4-14-15(10-13)26-17(22-14)24-7-1-2-12(11-24)16(25)23-8-5-18(20,21)6-9-23/h3-4,10,12H,1-2,5-9,11H2. The van der Waals surface area contributed by atoms with E-state index < -0.39 is 11.7 Å². The second-order valence-corrected chi connectivity index (χ2v) is 7.07. The fourth-order valence-electron chi connectivity index (χ4n) is 3.69. The van der Waals surface area contributed by atoms with Crippen LogP contribution < -0.4 is 4.90 Å². The van der Waals surface area contributed by atoms with Crippen LogP contribution in [-0.2, 0) is 4.79 Å². The molecule has 1 amide bonds. The topological polar surface area (TPSA) is 49.6 Å². The second-order valence-electron chi connectivity index (χ2n) is 7.07. The summed E-state index contributed by atoms with van der Waals surface area (Å²) in [7, 11) is 0. The number of likely N-dealkylation sites (tertiary alicyclic amines) is 1. The van der Waals surface area contributed by atoms with E-state index in [1.165, 1.54) is 12.1 Å². The number of rotatable bonds is 2. The van der Waals surface area contributed by atoms with Gasteiger partial charge in [-0.1, -0.05) is 0 Å². The number of carbonyl (C=O) groups is 1. The summed E-state index contributed by atoms with van der Waals surface area (Å²) >= 11 is 0. The van der Waals surface area contributed by atoms with E-state index in [0.717, 1.165) is 12.8 Å². The minimum Gasteiger partial charge on any atom is -0.423 e. The Morgan fingerprint density at radius 1 is 1.23 bits per heavy atom. The third kappa shape index (κ3) is 3.37. The molecule has 2 aliphatic heterocycles. The molecule has 1 atom stereocenters. The Hall–Kier alpha value is -2.25. The van der Waals surface area contributed by atoms with E-state index in [1.54, 1.807) is 11.0 Å². The molecule has 0 radical (unpaired) electrons. The molecule has 0 aliphatic carbocycles. The molecule has 0 saturated carbocycles. The summed E-state index contributed by atoms with van der Waals surface area (Å²) in [6, 6.07) is 4.53. The van der Waals surface area contributed by atoms with Gasteiger partial charge in [0.05, 0.1) is 5.92 Å². The SMILES string of the molecule is O=C(C1CCCN(c2nc3ccc(F)cc3o2)C1)N1CCC(F)(F)CC1. The van der Waals surface area contributed by atoms with Gasteiger partial charge in [0.25, 0.3) is 11.9 Å². The van der Waals surface area contributed by atoms with Crippen LogP contribution in [0.5, 0.6) is 0 Å². The highest BCUT2D eigenvalue weighted by molar-refractivity contribution is 5.80. The molecule has 0 spiro atoms. The van der Waals surface area contributed by atoms with Gasteiger partial charge in [0.1, 0.15) is 11.3 Å². The quantitative estimate of drug-likeness (QED) is 0.816. The van der Waals surface area contributed by atoms with Crippen LogP contribution in [0.4, 0.5) is 19.2 Å². The van der Waals surface area contributed by atoms with Crippen molar-refractivity contribution >= 4 is 23.0 Å². The van der Waals surface area contributed by atoms with E-state index in [4.69, 9.17) is 4.42 Å². The maximum Gasteiger partial charge on any atom is 0.298 e. The van der Waals surface area contributed by atoms with Gasteiger partial charge in [0.15, 0.2) is 5.58 Å². The zero-order valence-electron chi connectivity index (χ0n) is 14.3. The molecule has 0 bridgehead atoms. The average molecular weight is 367 g/mol. The van der Waals surface area contributed by atoms with Gasteiger partial charge >= 0.3 is 0 Å². The summed E-state index contributed by atoms with van der Waals surface area (Å²) in [6.45, 7) is 1.33. The van der Waals surface area contributed by atoms with Crippen LogP contribution in [0, 0.1) is 11.7 Å². The lowest BCUT2D eigenvalue weighted by atomic mass is 9.95. The van der Waals surface area contributed by atoms with Crippen LogP contribution in [0.1, 0.15) is 25.7 Å². The monoisotopic (exact) mass is 367 g/mol. The molecule has 140 valence electrons. The molecule has 5 nitrogen and oxygen atoms in total. The lowest BCUT2D eigenvalue weighted by molar-refractivity contribution is -0.141. The van der Waals surface area contributed by atoms with Crippen LogP contribution in [0.3, 0.4) is 0 Å². The summed E-state index contributed by atoms with van der Waals surface area (Å²) in [6.07, 6.45) is 0.961. The first-order valence-corrected chi connectivity index (χ1v) is 8.89. The van der Waals surface area contributed by atoms with E-state index >= 15 is 0 Å². The first-order valence-electron chi connectivity index (χ1n) is 8.89. The van der Waals surface area contributed by atoms with Gasteiger partial charge in [-0.15, -0.1) is 0 Å². The van der Waals surface area contributed by atoms with Gasteiger partial charge in [0.2, 0.25) is 5.91 Å². The summed E-state index contributed by atoms with van der Waals surface area (Å²) in [5, 5.41) is 0. The molecule has 26 heavy (non-hydrogen) atoms. The van der Waals surface area contributed by atoms with Crippen molar-refractivity contribution < 1.29 is 22.4 Å². The smallest absolute Gasteiger partial charge is 0.298 e. The molecule has 2 saturated heterocycles. The van der Waals surface area contributed by atoms with Crippen molar-refractivity contribution in [1.29, 1.82) is 0 Å². The number of benzene rings is 1. The number of amides is 1. The highest BCUT2D eigenvalue weighted by Crippen LogP contribution is 2.31. The fourth-order valence-corrected chi connectivity index (χ4v) is 3.69. The van der Waals surface area contributed by atoms with Crippen LogP contribution >= 0.6 is 0 Å². The van der Waals surface area contributed by atoms with Crippen molar-refractivity contribution in [2.75, 3.05) is 31.1 Å². The minimum atomic E-state index is -2.66. The molecular formula is C18H20F3N3O2.